The molecule has 0 radical (unpaired) electrons. The van der Waals surface area contributed by atoms with Crippen LogP contribution < -0.4 is 10.3 Å². The molecule has 0 bridgehead atoms. The quantitative estimate of drug-likeness (QED) is 0.505. The molecule has 2 atom stereocenters. The van der Waals surface area contributed by atoms with Crippen molar-refractivity contribution in [1.82, 2.24) is 0 Å². The Morgan fingerprint density at radius 2 is 1.75 bits per heavy atom. The molecular formula is C24H35N2OS+. The molecule has 152 valence electrons. The Bertz CT molecular complexity index is 767. The molecule has 28 heavy (non-hydrogen) atoms. The topological polar surface area (TPSA) is 50.1 Å². The lowest BCUT2D eigenvalue weighted by atomic mass is 9.68. The maximum absolute atomic E-state index is 11.9. The summed E-state index contributed by atoms with van der Waals surface area (Å²) in [4.78, 5) is 1.27. The summed E-state index contributed by atoms with van der Waals surface area (Å²) in [6, 6.07) is 10.5. The highest BCUT2D eigenvalue weighted by molar-refractivity contribution is 7.99. The van der Waals surface area contributed by atoms with Gasteiger partial charge in [0.15, 0.2) is 12.4 Å². The molecular weight excluding hydrogens is 364 g/mol. The van der Waals surface area contributed by atoms with Gasteiger partial charge in [0.05, 0.1) is 6.10 Å². The second kappa shape index (κ2) is 9.32. The Balaban J connectivity index is 2.12. The zero-order valence-electron chi connectivity index (χ0n) is 17.5. The van der Waals surface area contributed by atoms with Gasteiger partial charge in [-0.05, 0) is 42.2 Å². The van der Waals surface area contributed by atoms with Crippen LogP contribution in [0.4, 0.5) is 5.69 Å². The summed E-state index contributed by atoms with van der Waals surface area (Å²) in [6.07, 6.45) is 10.6. The fourth-order valence-electron chi connectivity index (χ4n) is 4.48. The van der Waals surface area contributed by atoms with Gasteiger partial charge in [0.25, 0.3) is 0 Å². The van der Waals surface area contributed by atoms with Gasteiger partial charge < -0.3 is 10.8 Å². The van der Waals surface area contributed by atoms with Gasteiger partial charge in [-0.2, -0.15) is 0 Å². The van der Waals surface area contributed by atoms with Gasteiger partial charge in [-0.1, -0.05) is 39.5 Å². The molecule has 4 heteroatoms. The normalized spacial score (nSPS) is 21.1. The Kier molecular flexibility index (Phi) is 7.05. The number of aryl methyl sites for hydroxylation is 1. The van der Waals surface area contributed by atoms with E-state index in [1.165, 1.54) is 16.0 Å². The van der Waals surface area contributed by atoms with Crippen LogP contribution in [0, 0.1) is 5.41 Å². The fraction of sp³-hybridized carbons (Fsp3) is 0.542. The highest BCUT2D eigenvalue weighted by Gasteiger charge is 2.45. The van der Waals surface area contributed by atoms with Crippen LogP contribution in [0.5, 0.6) is 0 Å². The first kappa shape index (κ1) is 21.2. The zero-order valence-corrected chi connectivity index (χ0v) is 18.3. The third kappa shape index (κ3) is 4.38. The Hall–Kier alpha value is -1.52. The number of benzene rings is 1. The number of fused-ring (bicyclic) bond motifs is 1. The van der Waals surface area contributed by atoms with Crippen LogP contribution in [0.2, 0.25) is 0 Å². The number of nitrogens with two attached hydrogens (primary N) is 1. The van der Waals surface area contributed by atoms with Crippen molar-refractivity contribution in [3.8, 4) is 0 Å². The molecule has 0 aliphatic carbocycles. The SMILES string of the molecule is CCCCC1(CCCC)CSc2ccc(N)cc2[C@@H](c2cc[n+](C)cc2)[C@H]1O. The van der Waals surface area contributed by atoms with Crippen molar-refractivity contribution in [2.24, 2.45) is 12.5 Å². The molecule has 1 aliphatic heterocycles. The number of nitrogens with zero attached hydrogens (tertiary/aromatic N) is 1. The van der Waals surface area contributed by atoms with Crippen molar-refractivity contribution in [3.63, 3.8) is 0 Å². The molecule has 0 spiro atoms. The molecule has 3 nitrogen and oxygen atoms in total. The smallest absolute Gasteiger partial charge is 0.168 e. The fourth-order valence-corrected chi connectivity index (χ4v) is 5.90. The van der Waals surface area contributed by atoms with E-state index in [0.29, 0.717) is 0 Å². The molecule has 0 fully saturated rings. The summed E-state index contributed by atoms with van der Waals surface area (Å²) in [5.41, 5.74) is 9.24. The highest BCUT2D eigenvalue weighted by atomic mass is 32.2. The van der Waals surface area contributed by atoms with Crippen molar-refractivity contribution < 1.29 is 9.67 Å². The van der Waals surface area contributed by atoms with E-state index < -0.39 is 6.10 Å². The predicted octanol–water partition coefficient (Wildman–Crippen LogP) is 5.06. The number of anilines is 1. The van der Waals surface area contributed by atoms with Gasteiger partial charge in [-0.3, -0.25) is 0 Å². The molecule has 0 amide bonds. The Morgan fingerprint density at radius 3 is 2.36 bits per heavy atom. The van der Waals surface area contributed by atoms with E-state index in [-0.39, 0.29) is 11.3 Å². The average Bonchev–Trinajstić information content (AvgIpc) is 2.81. The van der Waals surface area contributed by atoms with Gasteiger partial charge in [0, 0.05) is 39.8 Å². The summed E-state index contributed by atoms with van der Waals surface area (Å²) in [5.74, 6) is 0.936. The van der Waals surface area contributed by atoms with Gasteiger partial charge in [0.1, 0.15) is 7.05 Å². The highest BCUT2D eigenvalue weighted by Crippen LogP contribution is 2.51. The standard InChI is InChI=1S/C24H35N2OS/c1-4-6-12-24(13-7-5-2)17-28-21-9-8-19(25)16-20(21)22(23(24)27)18-10-14-26(3)15-11-18/h8-11,14-16,22-23,27H,4-7,12-13,17,25H2,1-3H3/q+1/t22-,23-/m1/s1. The second-order valence-corrected chi connectivity index (χ2v) is 9.39. The summed E-state index contributed by atoms with van der Waals surface area (Å²) in [6.45, 7) is 4.49. The monoisotopic (exact) mass is 399 g/mol. The lowest BCUT2D eigenvalue weighted by Crippen LogP contribution is -2.41. The van der Waals surface area contributed by atoms with Crippen LogP contribution >= 0.6 is 11.8 Å². The number of aliphatic hydroxyl groups excluding tert-OH is 1. The minimum Gasteiger partial charge on any atom is -0.399 e. The molecule has 0 saturated heterocycles. The lowest BCUT2D eigenvalue weighted by molar-refractivity contribution is -0.671. The summed E-state index contributed by atoms with van der Waals surface area (Å²) >= 11 is 1.91. The van der Waals surface area contributed by atoms with E-state index in [2.05, 4.69) is 50.5 Å². The number of rotatable bonds is 7. The minimum atomic E-state index is -0.408. The van der Waals surface area contributed by atoms with Gasteiger partial charge >= 0.3 is 0 Å². The van der Waals surface area contributed by atoms with Crippen molar-refractivity contribution in [2.75, 3.05) is 11.5 Å². The van der Waals surface area contributed by atoms with Crippen molar-refractivity contribution >= 4 is 17.4 Å². The summed E-state index contributed by atoms with van der Waals surface area (Å²) in [7, 11) is 2.03. The van der Waals surface area contributed by atoms with Crippen LogP contribution in [0.15, 0.2) is 47.6 Å². The van der Waals surface area contributed by atoms with Gasteiger partial charge in [0.2, 0.25) is 0 Å². The zero-order chi connectivity index (χ0) is 20.1. The number of pyridine rings is 1. The van der Waals surface area contributed by atoms with E-state index in [4.69, 9.17) is 5.73 Å². The molecule has 1 aliphatic rings. The molecule has 0 unspecified atom stereocenters. The van der Waals surface area contributed by atoms with Crippen LogP contribution in [-0.4, -0.2) is 17.0 Å². The molecule has 1 aromatic carbocycles. The first-order chi connectivity index (χ1) is 13.5. The van der Waals surface area contributed by atoms with Crippen LogP contribution in [0.25, 0.3) is 0 Å². The number of hydrogen-bond acceptors (Lipinski definition) is 3. The molecule has 3 N–H and O–H groups in total. The third-order valence-electron chi connectivity index (χ3n) is 6.25. The van der Waals surface area contributed by atoms with Crippen molar-refractivity contribution in [3.05, 3.63) is 53.9 Å². The first-order valence-corrected chi connectivity index (χ1v) is 11.6. The van der Waals surface area contributed by atoms with Crippen molar-refractivity contribution in [1.29, 1.82) is 0 Å². The molecule has 1 aromatic heterocycles. The van der Waals surface area contributed by atoms with Crippen molar-refractivity contribution in [2.45, 2.75) is 69.3 Å². The van der Waals surface area contributed by atoms with Gasteiger partial charge in [-0.25, -0.2) is 4.57 Å². The largest absolute Gasteiger partial charge is 0.399 e. The number of thioether (sulfide) groups is 1. The third-order valence-corrected chi connectivity index (χ3v) is 7.65. The maximum Gasteiger partial charge on any atom is 0.168 e. The van der Waals surface area contributed by atoms with Crippen LogP contribution in [0.1, 0.15) is 69.4 Å². The van der Waals surface area contributed by atoms with E-state index in [1.54, 1.807) is 0 Å². The van der Waals surface area contributed by atoms with Gasteiger partial charge in [-0.15, -0.1) is 11.8 Å². The second-order valence-electron chi connectivity index (χ2n) is 8.37. The van der Waals surface area contributed by atoms with E-state index in [9.17, 15) is 5.11 Å². The van der Waals surface area contributed by atoms with Crippen LogP contribution in [-0.2, 0) is 7.05 Å². The molecule has 3 rings (SSSR count). The Morgan fingerprint density at radius 1 is 1.11 bits per heavy atom. The lowest BCUT2D eigenvalue weighted by Gasteiger charge is -2.40. The minimum absolute atomic E-state index is 0.0385. The predicted molar refractivity (Wildman–Crippen MR) is 119 cm³/mol. The number of aliphatic hydroxyl groups is 1. The maximum atomic E-state index is 11.9. The molecule has 0 saturated carbocycles. The Labute approximate surface area is 174 Å². The molecule has 2 heterocycles. The number of nitrogen functional groups attached to an aromatic ring is 1. The number of aromatic nitrogens is 1. The summed E-state index contributed by atoms with van der Waals surface area (Å²) < 4.78 is 2.04. The summed E-state index contributed by atoms with van der Waals surface area (Å²) in [5, 5.41) is 11.9. The van der Waals surface area contributed by atoms with E-state index in [1.807, 2.05) is 29.4 Å². The first-order valence-electron chi connectivity index (χ1n) is 10.7. The van der Waals surface area contributed by atoms with E-state index >= 15 is 0 Å². The molecule has 2 aromatic rings. The van der Waals surface area contributed by atoms with E-state index in [0.717, 1.165) is 50.0 Å². The number of hydrogen-bond donors (Lipinski definition) is 2. The number of unbranched alkanes of at least 4 members (excludes halogenated alkanes) is 2. The van der Waals surface area contributed by atoms with Crippen LogP contribution in [0.3, 0.4) is 0 Å². The average molecular weight is 400 g/mol.